The molecule has 9 nitrogen and oxygen atoms in total. The van der Waals surface area contributed by atoms with Crippen LogP contribution in [0, 0.1) is 13.8 Å². The second-order valence-electron chi connectivity index (χ2n) is 8.59. The van der Waals surface area contributed by atoms with E-state index >= 15 is 0 Å². The average Bonchev–Trinajstić information content (AvgIpc) is 3.41. The van der Waals surface area contributed by atoms with Gasteiger partial charge in [0, 0.05) is 29.2 Å². The van der Waals surface area contributed by atoms with E-state index in [4.69, 9.17) is 9.72 Å². The number of imide groups is 1. The lowest BCUT2D eigenvalue weighted by molar-refractivity contribution is -0.154. The van der Waals surface area contributed by atoms with E-state index in [0.29, 0.717) is 6.42 Å². The highest BCUT2D eigenvalue weighted by atomic mass is 16.5. The van der Waals surface area contributed by atoms with E-state index in [9.17, 15) is 14.4 Å². The topological polar surface area (TPSA) is 115 Å². The monoisotopic (exact) mass is 451 g/mol. The number of nitrogens with one attached hydrogen (secondary N) is 2. The molecular formula is C24H29N5O4. The first-order valence-electron chi connectivity index (χ1n) is 11.4. The van der Waals surface area contributed by atoms with E-state index in [0.717, 1.165) is 59.2 Å². The number of aromatic nitrogens is 3. The summed E-state index contributed by atoms with van der Waals surface area (Å²) in [7, 11) is 0. The molecule has 0 spiro atoms. The lowest BCUT2D eigenvalue weighted by Gasteiger charge is -2.16. The predicted molar refractivity (Wildman–Crippen MR) is 123 cm³/mol. The highest BCUT2D eigenvalue weighted by Gasteiger charge is 2.23. The first-order valence-corrected chi connectivity index (χ1v) is 11.4. The Morgan fingerprint density at radius 3 is 2.67 bits per heavy atom. The van der Waals surface area contributed by atoms with Crippen molar-refractivity contribution in [3.8, 4) is 0 Å². The molecule has 2 N–H and O–H groups in total. The third kappa shape index (κ3) is 4.97. The lowest BCUT2D eigenvalue weighted by atomic mass is 10.1. The molecule has 1 aliphatic rings. The fraction of sp³-hybridized carbons (Fsp3) is 0.458. The van der Waals surface area contributed by atoms with Crippen LogP contribution in [0.2, 0.25) is 0 Å². The molecule has 33 heavy (non-hydrogen) atoms. The number of carbonyl (C=O) groups is 3. The molecule has 1 aromatic carbocycles. The Labute approximate surface area is 191 Å². The van der Waals surface area contributed by atoms with Gasteiger partial charge < -0.3 is 10.1 Å². The third-order valence-electron chi connectivity index (χ3n) is 6.20. The van der Waals surface area contributed by atoms with Crippen LogP contribution in [-0.4, -0.2) is 44.7 Å². The van der Waals surface area contributed by atoms with Crippen LogP contribution in [0.5, 0.6) is 0 Å². The van der Waals surface area contributed by atoms with Crippen LogP contribution in [0.1, 0.15) is 56.0 Å². The summed E-state index contributed by atoms with van der Waals surface area (Å²) < 4.78 is 7.05. The van der Waals surface area contributed by atoms with Crippen molar-refractivity contribution in [3.63, 3.8) is 0 Å². The van der Waals surface area contributed by atoms with E-state index in [1.165, 1.54) is 6.92 Å². The molecule has 1 aliphatic carbocycles. The molecule has 1 unspecified atom stereocenters. The molecule has 2 aromatic heterocycles. The fourth-order valence-corrected chi connectivity index (χ4v) is 4.38. The largest absolute Gasteiger partial charge is 0.453 e. The Balaban J connectivity index is 1.34. The first-order chi connectivity index (χ1) is 15.8. The number of benzene rings is 1. The number of rotatable bonds is 6. The molecule has 3 aromatic rings. The van der Waals surface area contributed by atoms with E-state index in [1.54, 1.807) is 4.52 Å². The van der Waals surface area contributed by atoms with Crippen LogP contribution in [0.4, 0.5) is 4.79 Å². The molecule has 2 heterocycles. The third-order valence-corrected chi connectivity index (χ3v) is 6.20. The summed E-state index contributed by atoms with van der Waals surface area (Å²) in [6.45, 7) is 5.32. The highest BCUT2D eigenvalue weighted by molar-refractivity contribution is 5.97. The predicted octanol–water partition coefficient (Wildman–Crippen LogP) is 3.13. The quantitative estimate of drug-likeness (QED) is 0.557. The Morgan fingerprint density at radius 2 is 1.91 bits per heavy atom. The summed E-state index contributed by atoms with van der Waals surface area (Å²) in [5.74, 6) is -1.16. The normalized spacial score (nSPS) is 15.0. The van der Waals surface area contributed by atoms with E-state index in [2.05, 4.69) is 15.7 Å². The van der Waals surface area contributed by atoms with Gasteiger partial charge in [0.2, 0.25) is 0 Å². The first kappa shape index (κ1) is 22.7. The van der Waals surface area contributed by atoms with Gasteiger partial charge in [0.05, 0.1) is 5.52 Å². The molecule has 0 aliphatic heterocycles. The molecule has 174 valence electrons. The Bertz CT molecular complexity index is 1210. The fourth-order valence-electron chi connectivity index (χ4n) is 4.38. The van der Waals surface area contributed by atoms with Gasteiger partial charge >= 0.3 is 12.0 Å². The zero-order valence-electron chi connectivity index (χ0n) is 19.2. The van der Waals surface area contributed by atoms with Gasteiger partial charge in [-0.15, -0.1) is 0 Å². The molecule has 1 atom stereocenters. The molecule has 1 saturated carbocycles. The number of fused-ring (bicyclic) bond motifs is 3. The highest BCUT2D eigenvalue weighted by Crippen LogP contribution is 2.23. The number of ether oxygens (including phenoxy) is 1. The minimum Gasteiger partial charge on any atom is -0.453 e. The minimum absolute atomic E-state index is 0.0849. The van der Waals surface area contributed by atoms with E-state index in [-0.39, 0.29) is 12.5 Å². The average molecular weight is 452 g/mol. The van der Waals surface area contributed by atoms with Gasteiger partial charge in [-0.25, -0.2) is 14.3 Å². The number of carbonyl (C=O) groups excluding carboxylic acids is 3. The Kier molecular flexibility index (Phi) is 6.57. The summed E-state index contributed by atoms with van der Waals surface area (Å²) in [6, 6.07) is 7.36. The van der Waals surface area contributed by atoms with Crippen LogP contribution in [0.15, 0.2) is 24.3 Å². The zero-order valence-corrected chi connectivity index (χ0v) is 19.2. The summed E-state index contributed by atoms with van der Waals surface area (Å²) in [5, 5.41) is 10.6. The molecular weight excluding hydrogens is 422 g/mol. The van der Waals surface area contributed by atoms with Crippen molar-refractivity contribution in [2.75, 3.05) is 0 Å². The number of amides is 3. The van der Waals surface area contributed by atoms with Gasteiger partial charge in [-0.05, 0) is 57.7 Å². The van der Waals surface area contributed by atoms with E-state index < -0.39 is 24.0 Å². The van der Waals surface area contributed by atoms with Crippen LogP contribution in [0.25, 0.3) is 16.6 Å². The second kappa shape index (κ2) is 9.56. The smallest absolute Gasteiger partial charge is 0.321 e. The standard InChI is InChI=1S/C24H29N5O4/c1-14-18(15(2)29-22(25-14)19-10-6-7-11-20(19)28-29)12-13-21(30)33-16(3)23(31)27-24(32)26-17-8-4-5-9-17/h6-7,10-11,16-17H,4-5,8-9,12-13H2,1-3H3,(H2,26,27,31,32). The van der Waals surface area contributed by atoms with Gasteiger partial charge in [0.25, 0.3) is 5.91 Å². The van der Waals surface area contributed by atoms with Gasteiger partial charge in [0.15, 0.2) is 11.8 Å². The van der Waals surface area contributed by atoms with Crippen molar-refractivity contribution in [2.45, 2.75) is 71.4 Å². The van der Waals surface area contributed by atoms with Gasteiger partial charge in [-0.2, -0.15) is 5.10 Å². The van der Waals surface area contributed by atoms with Crippen molar-refractivity contribution in [3.05, 3.63) is 41.2 Å². The molecule has 1 fully saturated rings. The molecule has 0 saturated heterocycles. The number of aryl methyl sites for hydroxylation is 2. The van der Waals surface area contributed by atoms with Gasteiger partial charge in [-0.1, -0.05) is 25.0 Å². The summed E-state index contributed by atoms with van der Waals surface area (Å²) in [5.41, 5.74) is 4.30. The van der Waals surface area contributed by atoms with Crippen molar-refractivity contribution < 1.29 is 19.1 Å². The maximum Gasteiger partial charge on any atom is 0.321 e. The van der Waals surface area contributed by atoms with Crippen LogP contribution >= 0.6 is 0 Å². The van der Waals surface area contributed by atoms with Crippen molar-refractivity contribution in [2.24, 2.45) is 0 Å². The Morgan fingerprint density at radius 1 is 1.18 bits per heavy atom. The molecule has 4 rings (SSSR count). The SMILES string of the molecule is Cc1nc2c3ccccc3nn2c(C)c1CCC(=O)OC(C)C(=O)NC(=O)NC1CCCC1. The molecule has 9 heteroatoms. The summed E-state index contributed by atoms with van der Waals surface area (Å²) >= 11 is 0. The molecule has 0 radical (unpaired) electrons. The molecule has 0 bridgehead atoms. The second-order valence-corrected chi connectivity index (χ2v) is 8.59. The number of hydrogen-bond acceptors (Lipinski definition) is 6. The van der Waals surface area contributed by atoms with E-state index in [1.807, 2.05) is 38.1 Å². The minimum atomic E-state index is -1.06. The van der Waals surface area contributed by atoms with Crippen LogP contribution in [-0.2, 0) is 20.7 Å². The van der Waals surface area contributed by atoms with Gasteiger partial charge in [-0.3, -0.25) is 14.9 Å². The molecule has 3 amide bonds. The van der Waals surface area contributed by atoms with Crippen LogP contribution in [0.3, 0.4) is 0 Å². The number of hydrogen-bond donors (Lipinski definition) is 2. The summed E-state index contributed by atoms with van der Waals surface area (Å²) in [4.78, 5) is 41.2. The van der Waals surface area contributed by atoms with Crippen molar-refractivity contribution in [1.82, 2.24) is 25.2 Å². The zero-order chi connectivity index (χ0) is 23.5. The number of nitrogens with zero attached hydrogens (tertiary/aromatic N) is 3. The number of esters is 1. The maximum absolute atomic E-state index is 12.4. The van der Waals surface area contributed by atoms with Gasteiger partial charge in [0.1, 0.15) is 0 Å². The number of urea groups is 1. The lowest BCUT2D eigenvalue weighted by Crippen LogP contribution is -2.47. The van der Waals surface area contributed by atoms with Crippen molar-refractivity contribution >= 4 is 34.5 Å². The Hall–Kier alpha value is -3.49. The van der Waals surface area contributed by atoms with Crippen LogP contribution < -0.4 is 10.6 Å². The summed E-state index contributed by atoms with van der Waals surface area (Å²) in [6.07, 6.45) is 3.41. The van der Waals surface area contributed by atoms with Crippen molar-refractivity contribution in [1.29, 1.82) is 0 Å². The maximum atomic E-state index is 12.4.